The first-order valence-corrected chi connectivity index (χ1v) is 16.1. The fourth-order valence-corrected chi connectivity index (χ4v) is 6.18. The van der Waals surface area contributed by atoms with Crippen molar-refractivity contribution >= 4 is 39.1 Å². The minimum Gasteiger partial charge on any atom is -0.352 e. The lowest BCUT2D eigenvalue weighted by molar-refractivity contribution is -0.140. The number of benzene rings is 4. The summed E-state index contributed by atoms with van der Waals surface area (Å²) >= 11 is 6.02. The van der Waals surface area contributed by atoms with E-state index in [9.17, 15) is 22.4 Å². The first-order valence-electron chi connectivity index (χ1n) is 14.3. The quantitative estimate of drug-likeness (QED) is 0.189. The van der Waals surface area contributed by atoms with Crippen LogP contribution in [-0.2, 0) is 32.6 Å². The Balaban J connectivity index is 1.78. The number of sulfonamides is 1. The second kappa shape index (κ2) is 15.0. The van der Waals surface area contributed by atoms with Gasteiger partial charge in [0.2, 0.25) is 11.8 Å². The minimum absolute atomic E-state index is 0.0426. The fourth-order valence-electron chi connectivity index (χ4n) is 4.64. The standard InChI is InChI=1S/C34H35ClFN3O4S/c1-3-25(2)37-34(41)32(22-26-10-6-4-7-11-26)38(23-27-14-18-29(36)19-15-27)33(40)24-39(30-12-8-5-9-13-30)44(42,43)31-20-16-28(35)17-21-31/h4-21,25,32H,3,22-24H2,1-2H3,(H,37,41)/t25-,32+/m0/s1. The number of anilines is 1. The SMILES string of the molecule is CC[C@H](C)NC(=O)[C@@H](Cc1ccccc1)N(Cc1ccc(F)cc1)C(=O)CN(c1ccccc1)S(=O)(=O)c1ccc(Cl)cc1. The molecule has 2 atom stereocenters. The molecule has 0 fully saturated rings. The van der Waals surface area contributed by atoms with Crippen molar-refractivity contribution in [3.63, 3.8) is 0 Å². The molecular weight excluding hydrogens is 601 g/mol. The van der Waals surface area contributed by atoms with Gasteiger partial charge >= 0.3 is 0 Å². The number of para-hydroxylation sites is 1. The lowest BCUT2D eigenvalue weighted by Crippen LogP contribution is -2.54. The van der Waals surface area contributed by atoms with Crippen molar-refractivity contribution in [2.24, 2.45) is 0 Å². The molecule has 0 radical (unpaired) electrons. The van der Waals surface area contributed by atoms with Gasteiger partial charge in [0.25, 0.3) is 10.0 Å². The lowest BCUT2D eigenvalue weighted by Gasteiger charge is -2.34. The van der Waals surface area contributed by atoms with E-state index in [-0.39, 0.29) is 35.5 Å². The molecule has 4 aromatic rings. The molecule has 4 aromatic carbocycles. The highest BCUT2D eigenvalue weighted by molar-refractivity contribution is 7.92. The second-order valence-corrected chi connectivity index (χ2v) is 12.8. The molecule has 0 unspecified atom stereocenters. The summed E-state index contributed by atoms with van der Waals surface area (Å²) in [5.74, 6) is -1.41. The van der Waals surface area contributed by atoms with E-state index in [1.54, 1.807) is 42.5 Å². The molecule has 0 saturated carbocycles. The molecule has 0 saturated heterocycles. The number of rotatable bonds is 13. The molecule has 7 nitrogen and oxygen atoms in total. The summed E-state index contributed by atoms with van der Waals surface area (Å²) in [7, 11) is -4.23. The number of halogens is 2. The number of nitrogens with zero attached hydrogens (tertiary/aromatic N) is 2. The Bertz CT molecular complexity index is 1640. The van der Waals surface area contributed by atoms with Gasteiger partial charge in [-0.2, -0.15) is 0 Å². The third-order valence-electron chi connectivity index (χ3n) is 7.26. The van der Waals surface area contributed by atoms with Gasteiger partial charge in [-0.05, 0) is 73.0 Å². The maximum Gasteiger partial charge on any atom is 0.264 e. The van der Waals surface area contributed by atoms with Crippen LogP contribution in [0.5, 0.6) is 0 Å². The zero-order valence-electron chi connectivity index (χ0n) is 24.6. The molecule has 44 heavy (non-hydrogen) atoms. The summed E-state index contributed by atoms with van der Waals surface area (Å²) < 4.78 is 42.8. The molecule has 0 aliphatic carbocycles. The smallest absolute Gasteiger partial charge is 0.264 e. The Labute approximate surface area is 263 Å². The van der Waals surface area contributed by atoms with Crippen molar-refractivity contribution in [1.82, 2.24) is 10.2 Å². The van der Waals surface area contributed by atoms with Crippen molar-refractivity contribution in [3.05, 3.63) is 131 Å². The van der Waals surface area contributed by atoms with Gasteiger partial charge in [0.1, 0.15) is 18.4 Å². The van der Waals surface area contributed by atoms with Gasteiger partial charge in [0.05, 0.1) is 10.6 Å². The van der Waals surface area contributed by atoms with E-state index in [4.69, 9.17) is 11.6 Å². The predicted molar refractivity (Wildman–Crippen MR) is 171 cm³/mol. The summed E-state index contributed by atoms with van der Waals surface area (Å²) in [5.41, 5.74) is 1.68. The van der Waals surface area contributed by atoms with Crippen LogP contribution in [0.2, 0.25) is 5.02 Å². The van der Waals surface area contributed by atoms with Gasteiger partial charge in [-0.15, -0.1) is 0 Å². The van der Waals surface area contributed by atoms with Gasteiger partial charge in [0, 0.05) is 24.0 Å². The molecule has 0 aliphatic rings. The fraction of sp³-hybridized carbons (Fsp3) is 0.235. The molecule has 0 aromatic heterocycles. The van der Waals surface area contributed by atoms with Gasteiger partial charge in [0.15, 0.2) is 0 Å². The Morgan fingerprint density at radius 1 is 0.841 bits per heavy atom. The Hall–Kier alpha value is -4.21. The highest BCUT2D eigenvalue weighted by Crippen LogP contribution is 2.26. The van der Waals surface area contributed by atoms with Gasteiger partial charge in [-0.3, -0.25) is 13.9 Å². The number of carbonyl (C=O) groups is 2. The summed E-state index contributed by atoms with van der Waals surface area (Å²) in [6.07, 6.45) is 0.863. The zero-order chi connectivity index (χ0) is 31.7. The van der Waals surface area contributed by atoms with E-state index in [0.717, 1.165) is 9.87 Å². The van der Waals surface area contributed by atoms with Crippen LogP contribution in [-0.4, -0.2) is 43.8 Å². The van der Waals surface area contributed by atoms with Gasteiger partial charge < -0.3 is 10.2 Å². The van der Waals surface area contributed by atoms with E-state index in [2.05, 4.69) is 5.32 Å². The molecule has 0 bridgehead atoms. The van der Waals surface area contributed by atoms with Crippen LogP contribution in [0.4, 0.5) is 10.1 Å². The lowest BCUT2D eigenvalue weighted by atomic mass is 10.0. The highest BCUT2D eigenvalue weighted by atomic mass is 35.5. The summed E-state index contributed by atoms with van der Waals surface area (Å²) in [6.45, 7) is 3.18. The van der Waals surface area contributed by atoms with Crippen LogP contribution >= 0.6 is 11.6 Å². The number of hydrogen-bond acceptors (Lipinski definition) is 4. The molecule has 0 aliphatic heterocycles. The second-order valence-electron chi connectivity index (χ2n) is 10.5. The number of hydrogen-bond donors (Lipinski definition) is 1. The Kier molecular flexibility index (Phi) is 11.1. The topological polar surface area (TPSA) is 86.8 Å². The largest absolute Gasteiger partial charge is 0.352 e. The minimum atomic E-state index is -4.23. The van der Waals surface area contributed by atoms with Crippen molar-refractivity contribution in [2.75, 3.05) is 10.8 Å². The van der Waals surface area contributed by atoms with Crippen LogP contribution in [0, 0.1) is 5.82 Å². The molecule has 4 rings (SSSR count). The third-order valence-corrected chi connectivity index (χ3v) is 9.30. The summed E-state index contributed by atoms with van der Waals surface area (Å²) in [4.78, 5) is 29.5. The molecule has 10 heteroatoms. The molecule has 0 heterocycles. The van der Waals surface area contributed by atoms with Gasteiger partial charge in [-0.25, -0.2) is 12.8 Å². The normalized spacial score (nSPS) is 12.6. The van der Waals surface area contributed by atoms with Crippen molar-refractivity contribution in [1.29, 1.82) is 0 Å². The maximum atomic E-state index is 14.4. The number of amides is 2. The number of nitrogens with one attached hydrogen (secondary N) is 1. The summed E-state index contributed by atoms with van der Waals surface area (Å²) in [5, 5.41) is 3.36. The Morgan fingerprint density at radius 3 is 2.02 bits per heavy atom. The zero-order valence-corrected chi connectivity index (χ0v) is 26.1. The Morgan fingerprint density at radius 2 is 1.43 bits per heavy atom. The molecule has 1 N–H and O–H groups in total. The number of carbonyl (C=O) groups excluding carboxylic acids is 2. The predicted octanol–water partition coefficient (Wildman–Crippen LogP) is 6.23. The first-order chi connectivity index (χ1) is 21.1. The van der Waals surface area contributed by atoms with E-state index in [1.807, 2.05) is 44.2 Å². The van der Waals surface area contributed by atoms with Crippen molar-refractivity contribution in [2.45, 2.75) is 50.2 Å². The van der Waals surface area contributed by atoms with Crippen LogP contribution in [0.25, 0.3) is 0 Å². The van der Waals surface area contributed by atoms with Crippen LogP contribution < -0.4 is 9.62 Å². The average Bonchev–Trinajstić information content (AvgIpc) is 3.03. The molecule has 0 spiro atoms. The maximum absolute atomic E-state index is 14.4. The van der Waals surface area contributed by atoms with Crippen LogP contribution in [0.3, 0.4) is 0 Å². The molecule has 230 valence electrons. The van der Waals surface area contributed by atoms with E-state index in [0.29, 0.717) is 17.0 Å². The summed E-state index contributed by atoms with van der Waals surface area (Å²) in [6, 6.07) is 27.8. The van der Waals surface area contributed by atoms with Crippen molar-refractivity contribution < 1.29 is 22.4 Å². The molecule has 2 amide bonds. The third kappa shape index (κ3) is 8.45. The average molecular weight is 636 g/mol. The van der Waals surface area contributed by atoms with Crippen LogP contribution in [0.15, 0.2) is 114 Å². The first kappa shape index (κ1) is 32.7. The van der Waals surface area contributed by atoms with E-state index in [1.165, 1.54) is 41.3 Å². The molecular formula is C34H35ClFN3O4S. The van der Waals surface area contributed by atoms with E-state index < -0.39 is 34.3 Å². The van der Waals surface area contributed by atoms with Gasteiger partial charge in [-0.1, -0.05) is 79.2 Å². The monoisotopic (exact) mass is 635 g/mol. The highest BCUT2D eigenvalue weighted by Gasteiger charge is 2.35. The van der Waals surface area contributed by atoms with Crippen LogP contribution in [0.1, 0.15) is 31.4 Å². The van der Waals surface area contributed by atoms with E-state index >= 15 is 0 Å². The van der Waals surface area contributed by atoms with Crippen molar-refractivity contribution in [3.8, 4) is 0 Å².